The van der Waals surface area contributed by atoms with Crippen molar-refractivity contribution in [3.8, 4) is 6.07 Å². The van der Waals surface area contributed by atoms with Crippen LogP contribution in [-0.4, -0.2) is 47.9 Å². The Kier molecular flexibility index (Phi) is 5.51. The van der Waals surface area contributed by atoms with Gasteiger partial charge in [0.1, 0.15) is 17.8 Å². The highest BCUT2D eigenvalue weighted by molar-refractivity contribution is 7.89. The molecule has 1 aliphatic carbocycles. The van der Waals surface area contributed by atoms with Crippen LogP contribution in [0.4, 0.5) is 0 Å². The van der Waals surface area contributed by atoms with Crippen LogP contribution >= 0.6 is 0 Å². The number of hydrogen-bond acceptors (Lipinski definition) is 4. The van der Waals surface area contributed by atoms with Crippen LogP contribution in [0.2, 0.25) is 0 Å². The monoisotopic (exact) mass is 465 g/mol. The van der Waals surface area contributed by atoms with Crippen LogP contribution in [0.3, 0.4) is 0 Å². The molecule has 33 heavy (non-hydrogen) atoms. The van der Waals surface area contributed by atoms with Crippen molar-refractivity contribution in [3.63, 3.8) is 0 Å². The van der Waals surface area contributed by atoms with Crippen LogP contribution in [0.1, 0.15) is 37.8 Å². The van der Waals surface area contributed by atoms with E-state index in [0.29, 0.717) is 36.1 Å². The SMILES string of the molecule is N#Cc1cccn1CCC(NS(=O)(=O)c1cccc2[nH]ccc12)C(=O)N1CCC2(CC1)CC2. The van der Waals surface area contributed by atoms with Crippen molar-refractivity contribution in [1.29, 1.82) is 5.26 Å². The average Bonchev–Trinajstić information content (AvgIpc) is 3.21. The van der Waals surface area contributed by atoms with Crippen LogP contribution in [0.15, 0.2) is 53.7 Å². The van der Waals surface area contributed by atoms with Crippen molar-refractivity contribution in [2.75, 3.05) is 13.1 Å². The van der Waals surface area contributed by atoms with Crippen LogP contribution < -0.4 is 4.72 Å². The van der Waals surface area contributed by atoms with E-state index in [-0.39, 0.29) is 17.2 Å². The number of aromatic nitrogens is 2. The molecular formula is C24H27N5O3S. The van der Waals surface area contributed by atoms with Crippen LogP contribution in [0, 0.1) is 16.7 Å². The second-order valence-corrected chi connectivity index (χ2v) is 10.9. The Bertz CT molecular complexity index is 1320. The zero-order chi connectivity index (χ0) is 23.1. The molecule has 5 rings (SSSR count). The van der Waals surface area contributed by atoms with Gasteiger partial charge in [0.25, 0.3) is 0 Å². The molecule has 0 radical (unpaired) electrons. The standard InChI is InChI=1S/C24H27N5O3S/c25-17-18-3-2-13-28(18)14-7-21(23(30)29-15-10-24(8-9-24)11-16-29)27-33(31,32)22-5-1-4-20-19(22)6-12-26-20/h1-6,12-13,21,26-27H,7-11,14-16H2. The zero-order valence-electron chi connectivity index (χ0n) is 18.3. The number of carbonyl (C=O) groups is 1. The number of sulfonamides is 1. The van der Waals surface area contributed by atoms with Gasteiger partial charge in [-0.15, -0.1) is 0 Å². The van der Waals surface area contributed by atoms with Gasteiger partial charge in [-0.25, -0.2) is 8.42 Å². The van der Waals surface area contributed by atoms with E-state index in [1.54, 1.807) is 52.2 Å². The van der Waals surface area contributed by atoms with E-state index in [1.807, 2.05) is 6.07 Å². The van der Waals surface area contributed by atoms with Crippen molar-refractivity contribution in [3.05, 3.63) is 54.5 Å². The van der Waals surface area contributed by atoms with Gasteiger partial charge in [-0.3, -0.25) is 4.79 Å². The molecule has 2 fully saturated rings. The normalized spacial score (nSPS) is 18.3. The first kappa shape index (κ1) is 21.7. The zero-order valence-corrected chi connectivity index (χ0v) is 19.1. The van der Waals surface area contributed by atoms with E-state index < -0.39 is 16.1 Å². The number of aryl methyl sites for hydroxylation is 1. The van der Waals surface area contributed by atoms with Gasteiger partial charge in [0.15, 0.2) is 0 Å². The summed E-state index contributed by atoms with van der Waals surface area (Å²) in [7, 11) is -3.95. The number of fused-ring (bicyclic) bond motifs is 1. The van der Waals surface area contributed by atoms with Gasteiger partial charge in [0, 0.05) is 42.9 Å². The number of amides is 1. The van der Waals surface area contributed by atoms with Gasteiger partial charge in [-0.05, 0) is 67.9 Å². The Labute approximate surface area is 193 Å². The number of aromatic amines is 1. The molecule has 2 aliphatic rings. The van der Waals surface area contributed by atoms with Gasteiger partial charge < -0.3 is 14.5 Å². The number of carbonyl (C=O) groups excluding carboxylic acids is 1. The quantitative estimate of drug-likeness (QED) is 0.559. The van der Waals surface area contributed by atoms with Gasteiger partial charge in [0.05, 0.1) is 4.90 Å². The minimum absolute atomic E-state index is 0.147. The largest absolute Gasteiger partial charge is 0.361 e. The predicted octanol–water partition coefficient (Wildman–Crippen LogP) is 2.98. The first-order chi connectivity index (χ1) is 15.9. The number of nitrogens with zero attached hydrogens (tertiary/aromatic N) is 3. The molecule has 8 nitrogen and oxygen atoms in total. The number of benzene rings is 1. The van der Waals surface area contributed by atoms with E-state index in [9.17, 15) is 18.5 Å². The van der Waals surface area contributed by atoms with Gasteiger partial charge in [-0.1, -0.05) is 6.07 Å². The summed E-state index contributed by atoms with van der Waals surface area (Å²) in [5, 5.41) is 9.88. The lowest BCUT2D eigenvalue weighted by atomic mass is 9.93. The fourth-order valence-electron chi connectivity index (χ4n) is 4.85. The third-order valence-electron chi connectivity index (χ3n) is 7.14. The molecular weight excluding hydrogens is 438 g/mol. The molecule has 0 bridgehead atoms. The first-order valence-electron chi connectivity index (χ1n) is 11.3. The minimum Gasteiger partial charge on any atom is -0.361 e. The van der Waals surface area contributed by atoms with E-state index in [0.717, 1.165) is 18.4 Å². The smallest absolute Gasteiger partial charge is 0.241 e. The molecule has 1 amide bonds. The van der Waals surface area contributed by atoms with Gasteiger partial charge >= 0.3 is 0 Å². The number of piperidine rings is 1. The third-order valence-corrected chi connectivity index (χ3v) is 8.67. The van der Waals surface area contributed by atoms with E-state index in [1.165, 1.54) is 12.8 Å². The Balaban J connectivity index is 1.39. The molecule has 1 spiro atoms. The number of H-pyrrole nitrogens is 1. The Morgan fingerprint density at radius 2 is 1.94 bits per heavy atom. The maximum atomic E-state index is 13.5. The summed E-state index contributed by atoms with van der Waals surface area (Å²) >= 11 is 0. The highest BCUT2D eigenvalue weighted by Crippen LogP contribution is 2.53. The van der Waals surface area contributed by atoms with Crippen molar-refractivity contribution < 1.29 is 13.2 Å². The molecule has 3 aromatic rings. The molecule has 1 unspecified atom stereocenters. The molecule has 1 aromatic carbocycles. The summed E-state index contributed by atoms with van der Waals surface area (Å²) in [5.41, 5.74) is 1.62. The van der Waals surface area contributed by atoms with Crippen molar-refractivity contribution in [1.82, 2.24) is 19.2 Å². The summed E-state index contributed by atoms with van der Waals surface area (Å²) in [6, 6.07) is 11.5. The lowest BCUT2D eigenvalue weighted by Gasteiger charge is -2.34. The molecule has 172 valence electrons. The minimum atomic E-state index is -3.95. The lowest BCUT2D eigenvalue weighted by molar-refractivity contribution is -0.134. The van der Waals surface area contributed by atoms with Crippen LogP contribution in [-0.2, 0) is 21.4 Å². The Morgan fingerprint density at radius 3 is 2.67 bits per heavy atom. The molecule has 9 heteroatoms. The molecule has 2 N–H and O–H groups in total. The maximum Gasteiger partial charge on any atom is 0.241 e. The molecule has 1 aliphatic heterocycles. The van der Waals surface area contributed by atoms with Gasteiger partial charge in [0.2, 0.25) is 15.9 Å². The number of nitriles is 1. The maximum absolute atomic E-state index is 13.5. The topological polar surface area (TPSA) is 111 Å². The first-order valence-corrected chi connectivity index (χ1v) is 12.8. The van der Waals surface area contributed by atoms with Crippen LogP contribution in [0.25, 0.3) is 10.9 Å². The van der Waals surface area contributed by atoms with Crippen molar-refractivity contribution >= 4 is 26.8 Å². The lowest BCUT2D eigenvalue weighted by Crippen LogP contribution is -2.51. The second kappa shape index (κ2) is 8.36. The molecule has 1 saturated carbocycles. The number of likely N-dealkylation sites (tertiary alicyclic amines) is 1. The van der Waals surface area contributed by atoms with Gasteiger partial charge in [-0.2, -0.15) is 9.98 Å². The highest BCUT2D eigenvalue weighted by Gasteiger charge is 2.45. The molecule has 3 heterocycles. The van der Waals surface area contributed by atoms with Crippen LogP contribution in [0.5, 0.6) is 0 Å². The second-order valence-electron chi connectivity index (χ2n) is 9.18. The highest BCUT2D eigenvalue weighted by atomic mass is 32.2. The van der Waals surface area contributed by atoms with Crippen molar-refractivity contribution in [2.24, 2.45) is 5.41 Å². The predicted molar refractivity (Wildman–Crippen MR) is 124 cm³/mol. The van der Waals surface area contributed by atoms with Crippen molar-refractivity contribution in [2.45, 2.75) is 49.6 Å². The number of hydrogen-bond donors (Lipinski definition) is 2. The Morgan fingerprint density at radius 1 is 1.15 bits per heavy atom. The molecule has 1 atom stereocenters. The fourth-order valence-corrected chi connectivity index (χ4v) is 6.30. The molecule has 1 saturated heterocycles. The van der Waals surface area contributed by atoms with E-state index in [2.05, 4.69) is 15.8 Å². The summed E-state index contributed by atoms with van der Waals surface area (Å²) in [4.78, 5) is 18.5. The molecule has 2 aromatic heterocycles. The fraction of sp³-hybridized carbons (Fsp3) is 0.417. The summed E-state index contributed by atoms with van der Waals surface area (Å²) in [5.74, 6) is -0.194. The summed E-state index contributed by atoms with van der Waals surface area (Å²) in [6.07, 6.45) is 8.16. The number of nitrogens with one attached hydrogen (secondary N) is 2. The average molecular weight is 466 g/mol. The summed E-state index contributed by atoms with van der Waals surface area (Å²) < 4.78 is 31.2. The summed E-state index contributed by atoms with van der Waals surface area (Å²) in [6.45, 7) is 1.69. The Hall–Kier alpha value is -3.09. The number of rotatable bonds is 7. The third kappa shape index (κ3) is 4.28. The van der Waals surface area contributed by atoms with E-state index in [4.69, 9.17) is 0 Å². The van der Waals surface area contributed by atoms with E-state index >= 15 is 0 Å².